The molecule has 0 bridgehead atoms. The van der Waals surface area contributed by atoms with Crippen molar-refractivity contribution in [2.24, 2.45) is 0 Å². The zero-order chi connectivity index (χ0) is 12.7. The molecule has 0 radical (unpaired) electrons. The van der Waals surface area contributed by atoms with Crippen molar-refractivity contribution in [1.29, 1.82) is 0 Å². The van der Waals surface area contributed by atoms with Gasteiger partial charge in [0.2, 0.25) is 6.79 Å². The Hall–Kier alpha value is -2.24. The first-order valence-corrected chi connectivity index (χ1v) is 5.51. The van der Waals surface area contributed by atoms with Crippen molar-refractivity contribution in [1.82, 2.24) is 0 Å². The molecule has 0 aliphatic carbocycles. The maximum Gasteiger partial charge on any atom is 0.339 e. The van der Waals surface area contributed by atoms with Gasteiger partial charge in [-0.15, -0.1) is 0 Å². The molecule has 18 heavy (non-hydrogen) atoms. The van der Waals surface area contributed by atoms with E-state index in [1.54, 1.807) is 12.1 Å². The van der Waals surface area contributed by atoms with Gasteiger partial charge < -0.3 is 19.3 Å². The van der Waals surface area contributed by atoms with Crippen molar-refractivity contribution in [3.05, 3.63) is 23.3 Å². The quantitative estimate of drug-likeness (QED) is 0.818. The normalized spacial score (nSPS) is 19.6. The largest absolute Gasteiger partial charge is 0.481 e. The SMILES string of the molecule is O=C(O)CC[C@@H]1OC(=O)c2cc3c(cc21)OCO3. The average Bonchev–Trinajstić information content (AvgIpc) is 2.89. The molecule has 2 aliphatic heterocycles. The Morgan fingerprint density at radius 2 is 2.06 bits per heavy atom. The Morgan fingerprint density at radius 3 is 2.78 bits per heavy atom. The highest BCUT2D eigenvalue weighted by molar-refractivity contribution is 5.95. The van der Waals surface area contributed by atoms with Crippen LogP contribution in [-0.4, -0.2) is 23.8 Å². The molecule has 1 atom stereocenters. The lowest BCUT2D eigenvalue weighted by Crippen LogP contribution is -2.03. The van der Waals surface area contributed by atoms with Crippen LogP contribution in [0.25, 0.3) is 0 Å². The van der Waals surface area contributed by atoms with Gasteiger partial charge in [-0.25, -0.2) is 4.79 Å². The molecule has 2 aliphatic rings. The zero-order valence-electron chi connectivity index (χ0n) is 9.34. The fourth-order valence-corrected chi connectivity index (χ4v) is 2.13. The smallest absolute Gasteiger partial charge is 0.339 e. The summed E-state index contributed by atoms with van der Waals surface area (Å²) >= 11 is 0. The third kappa shape index (κ3) is 1.66. The lowest BCUT2D eigenvalue weighted by Gasteiger charge is -2.08. The van der Waals surface area contributed by atoms with Gasteiger partial charge >= 0.3 is 11.9 Å². The summed E-state index contributed by atoms with van der Waals surface area (Å²) in [6.45, 7) is 0.132. The molecule has 0 saturated carbocycles. The van der Waals surface area contributed by atoms with Crippen LogP contribution in [0, 0.1) is 0 Å². The maximum absolute atomic E-state index is 11.7. The second-order valence-corrected chi connectivity index (χ2v) is 4.12. The van der Waals surface area contributed by atoms with E-state index in [0.717, 1.165) is 0 Å². The number of carbonyl (C=O) groups excluding carboxylic acids is 1. The predicted molar refractivity (Wildman–Crippen MR) is 57.6 cm³/mol. The number of fused-ring (bicyclic) bond motifs is 2. The van der Waals surface area contributed by atoms with Gasteiger partial charge in [-0.2, -0.15) is 0 Å². The van der Waals surface area contributed by atoms with Gasteiger partial charge in [0.15, 0.2) is 11.5 Å². The van der Waals surface area contributed by atoms with Crippen LogP contribution in [0.1, 0.15) is 34.9 Å². The van der Waals surface area contributed by atoms with Gasteiger partial charge in [0.1, 0.15) is 6.10 Å². The molecule has 94 valence electrons. The fourth-order valence-electron chi connectivity index (χ4n) is 2.13. The van der Waals surface area contributed by atoms with E-state index in [4.69, 9.17) is 19.3 Å². The third-order valence-electron chi connectivity index (χ3n) is 2.98. The van der Waals surface area contributed by atoms with E-state index in [1.165, 1.54) is 0 Å². The summed E-state index contributed by atoms with van der Waals surface area (Å²) in [4.78, 5) is 22.2. The molecule has 2 heterocycles. The van der Waals surface area contributed by atoms with Gasteiger partial charge in [-0.3, -0.25) is 4.79 Å². The van der Waals surface area contributed by atoms with Gasteiger partial charge in [-0.1, -0.05) is 0 Å². The first-order chi connectivity index (χ1) is 8.65. The van der Waals surface area contributed by atoms with Gasteiger partial charge in [0.25, 0.3) is 0 Å². The van der Waals surface area contributed by atoms with E-state index in [0.29, 0.717) is 22.6 Å². The van der Waals surface area contributed by atoms with Crippen molar-refractivity contribution in [2.45, 2.75) is 18.9 Å². The molecule has 1 N–H and O–H groups in total. The average molecular weight is 250 g/mol. The Kier molecular flexibility index (Phi) is 2.36. The van der Waals surface area contributed by atoms with E-state index in [-0.39, 0.29) is 19.6 Å². The second-order valence-electron chi connectivity index (χ2n) is 4.12. The lowest BCUT2D eigenvalue weighted by atomic mass is 10.0. The lowest BCUT2D eigenvalue weighted by molar-refractivity contribution is -0.137. The van der Waals surface area contributed by atoms with Crippen LogP contribution >= 0.6 is 0 Å². The highest BCUT2D eigenvalue weighted by Gasteiger charge is 2.34. The van der Waals surface area contributed by atoms with E-state index >= 15 is 0 Å². The first kappa shape index (κ1) is 10.9. The molecule has 6 heteroatoms. The highest BCUT2D eigenvalue weighted by atomic mass is 16.7. The second kappa shape index (κ2) is 3.90. The summed E-state index contributed by atoms with van der Waals surface area (Å²) in [6, 6.07) is 3.27. The molecule has 6 nitrogen and oxygen atoms in total. The molecule has 0 amide bonds. The number of benzene rings is 1. The summed E-state index contributed by atoms with van der Waals surface area (Å²) in [5, 5.41) is 8.66. The van der Waals surface area contributed by atoms with Crippen molar-refractivity contribution in [2.75, 3.05) is 6.79 Å². The van der Waals surface area contributed by atoms with Crippen LogP contribution in [0.4, 0.5) is 0 Å². The summed E-state index contributed by atoms with van der Waals surface area (Å²) in [6.07, 6.45) is -0.308. The Bertz CT molecular complexity index is 536. The van der Waals surface area contributed by atoms with E-state index in [2.05, 4.69) is 0 Å². The third-order valence-corrected chi connectivity index (χ3v) is 2.98. The van der Waals surface area contributed by atoms with Crippen molar-refractivity contribution >= 4 is 11.9 Å². The number of hydrogen-bond acceptors (Lipinski definition) is 5. The predicted octanol–water partition coefficient (Wildman–Crippen LogP) is 1.49. The molecule has 0 aromatic heterocycles. The number of aliphatic carboxylic acids is 1. The first-order valence-electron chi connectivity index (χ1n) is 5.51. The number of esters is 1. The van der Waals surface area contributed by atoms with Gasteiger partial charge in [0.05, 0.1) is 5.56 Å². The molecule has 1 aromatic carbocycles. The van der Waals surface area contributed by atoms with E-state index in [1.807, 2.05) is 0 Å². The summed E-state index contributed by atoms with van der Waals surface area (Å²) in [5.74, 6) is -0.282. The number of rotatable bonds is 3. The molecule has 0 unspecified atom stereocenters. The maximum atomic E-state index is 11.7. The van der Waals surface area contributed by atoms with Crippen molar-refractivity contribution < 1.29 is 28.9 Å². The van der Waals surface area contributed by atoms with Crippen LogP contribution in [0.2, 0.25) is 0 Å². The molecular formula is C12H10O6. The number of carboxylic acid groups (broad SMARTS) is 1. The van der Waals surface area contributed by atoms with Crippen LogP contribution in [-0.2, 0) is 9.53 Å². The number of carboxylic acids is 1. The monoisotopic (exact) mass is 250 g/mol. The molecule has 3 rings (SSSR count). The minimum atomic E-state index is -0.916. The summed E-state index contributed by atoms with van der Waals surface area (Å²) < 4.78 is 15.6. The number of cyclic esters (lactones) is 1. The van der Waals surface area contributed by atoms with Gasteiger partial charge in [-0.05, 0) is 18.6 Å². The summed E-state index contributed by atoms with van der Waals surface area (Å²) in [5.41, 5.74) is 1.10. The minimum absolute atomic E-state index is 0.0498. The molecule has 0 spiro atoms. The van der Waals surface area contributed by atoms with Gasteiger partial charge in [0, 0.05) is 12.0 Å². The highest BCUT2D eigenvalue weighted by Crippen LogP contribution is 2.42. The Labute approximate surface area is 102 Å². The number of hydrogen-bond donors (Lipinski definition) is 1. The zero-order valence-corrected chi connectivity index (χ0v) is 9.34. The fraction of sp³-hybridized carbons (Fsp3) is 0.333. The number of ether oxygens (including phenoxy) is 3. The van der Waals surface area contributed by atoms with Crippen LogP contribution in [0.15, 0.2) is 12.1 Å². The topological polar surface area (TPSA) is 82.1 Å². The standard InChI is InChI=1S/C12H10O6/c13-11(14)2-1-8-6-3-9-10(17-5-16-9)4-7(6)12(15)18-8/h3-4,8H,1-2,5H2,(H,13,14)/t8-/m0/s1. The van der Waals surface area contributed by atoms with E-state index in [9.17, 15) is 9.59 Å². The van der Waals surface area contributed by atoms with Crippen LogP contribution in [0.3, 0.4) is 0 Å². The van der Waals surface area contributed by atoms with Crippen LogP contribution < -0.4 is 9.47 Å². The van der Waals surface area contributed by atoms with E-state index < -0.39 is 18.0 Å². The summed E-state index contributed by atoms with van der Waals surface area (Å²) in [7, 11) is 0. The minimum Gasteiger partial charge on any atom is -0.481 e. The molecule has 0 saturated heterocycles. The van der Waals surface area contributed by atoms with Crippen molar-refractivity contribution in [3.8, 4) is 11.5 Å². The Morgan fingerprint density at radius 1 is 1.33 bits per heavy atom. The van der Waals surface area contributed by atoms with Crippen LogP contribution in [0.5, 0.6) is 11.5 Å². The van der Waals surface area contributed by atoms with Crippen molar-refractivity contribution in [3.63, 3.8) is 0 Å². The molecule has 1 aromatic rings. The number of carbonyl (C=O) groups is 2. The molecule has 0 fully saturated rings. The Balaban J connectivity index is 1.92. The molecular weight excluding hydrogens is 240 g/mol.